The first-order valence-corrected chi connectivity index (χ1v) is 9.15. The molecule has 1 aromatic heterocycles. The van der Waals surface area contributed by atoms with Crippen molar-refractivity contribution in [3.8, 4) is 11.4 Å². The highest BCUT2D eigenvalue weighted by atomic mass is 19.1. The van der Waals surface area contributed by atoms with Crippen LogP contribution in [-0.4, -0.2) is 23.2 Å². The first-order valence-electron chi connectivity index (χ1n) is 9.15. The number of halogens is 1. The molecule has 4 rings (SSSR count). The van der Waals surface area contributed by atoms with Crippen molar-refractivity contribution in [1.82, 2.24) is 9.78 Å². The lowest BCUT2D eigenvalue weighted by molar-refractivity contribution is 0.111. The topological polar surface area (TPSA) is 44.1 Å². The van der Waals surface area contributed by atoms with Crippen LogP contribution in [-0.2, 0) is 12.8 Å². The Hall–Kier alpha value is -2.95. The van der Waals surface area contributed by atoms with Crippen LogP contribution in [0.5, 0.6) is 5.75 Å². The van der Waals surface area contributed by atoms with Gasteiger partial charge < -0.3 is 4.74 Å². The number of hydrogen-bond acceptors (Lipinski definition) is 3. The third-order valence-corrected chi connectivity index (χ3v) is 5.24. The molecule has 1 atom stereocenters. The summed E-state index contributed by atoms with van der Waals surface area (Å²) in [7, 11) is 1.66. The summed E-state index contributed by atoms with van der Waals surface area (Å²) in [6, 6.07) is 14.3. The first-order chi connectivity index (χ1) is 13.2. The number of ether oxygens (including phenoxy) is 1. The summed E-state index contributed by atoms with van der Waals surface area (Å²) in [5.74, 6) is 0.807. The van der Waals surface area contributed by atoms with Gasteiger partial charge in [0.15, 0.2) is 6.29 Å². The van der Waals surface area contributed by atoms with Gasteiger partial charge in [-0.05, 0) is 67.6 Å². The number of hydrogen-bond donors (Lipinski definition) is 0. The average molecular weight is 364 g/mol. The van der Waals surface area contributed by atoms with Crippen molar-refractivity contribution in [2.24, 2.45) is 0 Å². The van der Waals surface area contributed by atoms with Gasteiger partial charge in [0, 0.05) is 11.5 Å². The number of carbonyl (C=O) groups excluding carboxylic acids is 1. The van der Waals surface area contributed by atoms with Crippen molar-refractivity contribution in [1.29, 1.82) is 0 Å². The second-order valence-electron chi connectivity index (χ2n) is 6.90. The van der Waals surface area contributed by atoms with Gasteiger partial charge in [-0.3, -0.25) is 4.79 Å². The monoisotopic (exact) mass is 364 g/mol. The van der Waals surface area contributed by atoms with Crippen LogP contribution in [0.15, 0.2) is 48.5 Å². The van der Waals surface area contributed by atoms with Crippen LogP contribution in [0, 0.1) is 5.82 Å². The molecule has 4 nitrogen and oxygen atoms in total. The minimum atomic E-state index is -0.287. The van der Waals surface area contributed by atoms with Gasteiger partial charge in [-0.2, -0.15) is 5.10 Å². The Morgan fingerprint density at radius 3 is 2.59 bits per heavy atom. The van der Waals surface area contributed by atoms with E-state index in [2.05, 4.69) is 17.2 Å². The van der Waals surface area contributed by atoms with E-state index in [-0.39, 0.29) is 11.7 Å². The highest BCUT2D eigenvalue weighted by molar-refractivity contribution is 5.75. The summed E-state index contributed by atoms with van der Waals surface area (Å²) < 4.78 is 20.4. The maximum absolute atomic E-state index is 13.3. The predicted molar refractivity (Wildman–Crippen MR) is 101 cm³/mol. The number of methoxy groups -OCH3 is 1. The van der Waals surface area contributed by atoms with Crippen molar-refractivity contribution in [2.75, 3.05) is 7.11 Å². The zero-order valence-corrected chi connectivity index (χ0v) is 15.2. The Labute approximate surface area is 157 Å². The summed E-state index contributed by atoms with van der Waals surface area (Å²) in [6.45, 7) is 0. The Bertz CT molecular complexity index is 946. The fourth-order valence-electron chi connectivity index (χ4n) is 3.94. The SMILES string of the molecule is COc1ccc(CC2CCCc3c(C=O)nn(-c4ccc(F)cc4)c32)cc1. The molecule has 0 bridgehead atoms. The average Bonchev–Trinajstić information content (AvgIpc) is 3.09. The minimum Gasteiger partial charge on any atom is -0.497 e. The lowest BCUT2D eigenvalue weighted by atomic mass is 9.82. The van der Waals surface area contributed by atoms with E-state index in [9.17, 15) is 9.18 Å². The summed E-state index contributed by atoms with van der Waals surface area (Å²) >= 11 is 0. The normalized spacial score (nSPS) is 16.0. The van der Waals surface area contributed by atoms with E-state index in [0.717, 1.165) is 54.7 Å². The lowest BCUT2D eigenvalue weighted by Gasteiger charge is -2.25. The molecular formula is C22H21FN2O2. The molecule has 0 spiro atoms. The molecule has 0 radical (unpaired) electrons. The maximum Gasteiger partial charge on any atom is 0.170 e. The zero-order chi connectivity index (χ0) is 18.8. The molecule has 0 aliphatic heterocycles. The van der Waals surface area contributed by atoms with Gasteiger partial charge in [0.05, 0.1) is 18.5 Å². The molecule has 27 heavy (non-hydrogen) atoms. The second-order valence-corrected chi connectivity index (χ2v) is 6.90. The number of aldehydes is 1. The van der Waals surface area contributed by atoms with Crippen LogP contribution in [0.2, 0.25) is 0 Å². The predicted octanol–water partition coefficient (Wildman–Crippen LogP) is 4.50. The van der Waals surface area contributed by atoms with Crippen LogP contribution in [0.4, 0.5) is 4.39 Å². The minimum absolute atomic E-state index is 0.258. The number of aromatic nitrogens is 2. The summed E-state index contributed by atoms with van der Waals surface area (Å²) in [4.78, 5) is 11.6. The molecule has 0 fully saturated rings. The smallest absolute Gasteiger partial charge is 0.170 e. The van der Waals surface area contributed by atoms with Gasteiger partial charge in [-0.15, -0.1) is 0 Å². The lowest BCUT2D eigenvalue weighted by Crippen LogP contribution is -2.16. The molecule has 5 heteroatoms. The third kappa shape index (κ3) is 3.37. The van der Waals surface area contributed by atoms with E-state index >= 15 is 0 Å². The van der Waals surface area contributed by atoms with Crippen LogP contribution in [0.3, 0.4) is 0 Å². The maximum atomic E-state index is 13.3. The van der Waals surface area contributed by atoms with Crippen molar-refractivity contribution in [3.05, 3.63) is 76.9 Å². The molecule has 1 heterocycles. The molecule has 1 aliphatic carbocycles. The highest BCUT2D eigenvalue weighted by Crippen LogP contribution is 2.37. The standard InChI is InChI=1S/C22H21FN2O2/c1-27-19-11-5-15(6-12-19)13-16-3-2-4-20-21(14-26)24-25(22(16)20)18-9-7-17(23)8-10-18/h5-12,14,16H,2-4,13H2,1H3. The zero-order valence-electron chi connectivity index (χ0n) is 15.2. The van der Waals surface area contributed by atoms with E-state index in [1.807, 2.05) is 16.8 Å². The molecular weight excluding hydrogens is 343 g/mol. The van der Waals surface area contributed by atoms with Crippen LogP contribution < -0.4 is 4.74 Å². The number of carbonyl (C=O) groups is 1. The van der Waals surface area contributed by atoms with Crippen molar-refractivity contribution < 1.29 is 13.9 Å². The van der Waals surface area contributed by atoms with E-state index in [0.29, 0.717) is 5.69 Å². The van der Waals surface area contributed by atoms with Crippen molar-refractivity contribution >= 4 is 6.29 Å². The Morgan fingerprint density at radius 1 is 1.19 bits per heavy atom. The number of benzene rings is 2. The molecule has 2 aromatic carbocycles. The Morgan fingerprint density at radius 2 is 1.93 bits per heavy atom. The molecule has 0 saturated heterocycles. The van der Waals surface area contributed by atoms with Gasteiger partial charge in [-0.25, -0.2) is 9.07 Å². The van der Waals surface area contributed by atoms with Crippen LogP contribution in [0.25, 0.3) is 5.69 Å². The van der Waals surface area contributed by atoms with E-state index in [1.54, 1.807) is 19.2 Å². The van der Waals surface area contributed by atoms with E-state index in [4.69, 9.17) is 4.74 Å². The summed E-state index contributed by atoms with van der Waals surface area (Å²) in [6.07, 6.45) is 4.61. The van der Waals surface area contributed by atoms with Gasteiger partial charge in [0.2, 0.25) is 0 Å². The molecule has 3 aromatic rings. The molecule has 0 N–H and O–H groups in total. The van der Waals surface area contributed by atoms with E-state index < -0.39 is 0 Å². The van der Waals surface area contributed by atoms with Crippen molar-refractivity contribution in [3.63, 3.8) is 0 Å². The quantitative estimate of drug-likeness (QED) is 0.626. The number of nitrogens with zero attached hydrogens (tertiary/aromatic N) is 2. The number of fused-ring (bicyclic) bond motifs is 1. The fraction of sp³-hybridized carbons (Fsp3) is 0.273. The molecule has 1 unspecified atom stereocenters. The van der Waals surface area contributed by atoms with Gasteiger partial charge in [-0.1, -0.05) is 12.1 Å². The Kier molecular flexibility index (Phi) is 4.75. The van der Waals surface area contributed by atoms with Crippen LogP contribution in [0.1, 0.15) is 46.1 Å². The second kappa shape index (κ2) is 7.35. The molecule has 138 valence electrons. The third-order valence-electron chi connectivity index (χ3n) is 5.24. The van der Waals surface area contributed by atoms with Gasteiger partial charge in [0.1, 0.15) is 17.3 Å². The van der Waals surface area contributed by atoms with E-state index in [1.165, 1.54) is 17.7 Å². The van der Waals surface area contributed by atoms with Gasteiger partial charge >= 0.3 is 0 Å². The summed E-state index contributed by atoms with van der Waals surface area (Å²) in [5.41, 5.74) is 4.59. The van der Waals surface area contributed by atoms with Crippen LogP contribution >= 0.6 is 0 Å². The fourth-order valence-corrected chi connectivity index (χ4v) is 3.94. The molecule has 0 amide bonds. The van der Waals surface area contributed by atoms with Gasteiger partial charge in [0.25, 0.3) is 0 Å². The first kappa shape index (κ1) is 17.5. The largest absolute Gasteiger partial charge is 0.497 e. The Balaban J connectivity index is 1.74. The van der Waals surface area contributed by atoms with Crippen molar-refractivity contribution in [2.45, 2.75) is 31.6 Å². The molecule has 0 saturated carbocycles. The molecule has 1 aliphatic rings. The number of rotatable bonds is 5. The highest BCUT2D eigenvalue weighted by Gasteiger charge is 2.29. The summed E-state index contributed by atoms with van der Waals surface area (Å²) in [5, 5.41) is 4.54.